The first-order valence-electron chi connectivity index (χ1n) is 5.82. The van der Waals surface area contributed by atoms with Gasteiger partial charge in [0, 0.05) is 24.4 Å². The number of benzene rings is 1. The molecule has 16 heavy (non-hydrogen) atoms. The Balaban J connectivity index is 2.76. The highest BCUT2D eigenvalue weighted by molar-refractivity contribution is 6.18. The van der Waals surface area contributed by atoms with Crippen molar-refractivity contribution in [1.29, 1.82) is 0 Å². The molecule has 1 aromatic carbocycles. The van der Waals surface area contributed by atoms with E-state index in [1.165, 1.54) is 16.7 Å². The fraction of sp³-hybridized carbons (Fsp3) is 0.571. The summed E-state index contributed by atoms with van der Waals surface area (Å²) in [5.41, 5.74) is 4.26. The van der Waals surface area contributed by atoms with Gasteiger partial charge in [-0.25, -0.2) is 0 Å². The molecule has 0 unspecified atom stereocenters. The Morgan fingerprint density at radius 3 is 2.44 bits per heavy atom. The van der Waals surface area contributed by atoms with Crippen LogP contribution < -0.4 is 5.32 Å². The van der Waals surface area contributed by atoms with Crippen molar-refractivity contribution in [2.24, 2.45) is 0 Å². The van der Waals surface area contributed by atoms with Gasteiger partial charge >= 0.3 is 0 Å². The van der Waals surface area contributed by atoms with Crippen molar-refractivity contribution in [2.75, 3.05) is 19.0 Å². The summed E-state index contributed by atoms with van der Waals surface area (Å²) in [6.07, 6.45) is 0. The monoisotopic (exact) mass is 239 g/mol. The molecule has 0 atom stereocenters. The highest BCUT2D eigenvalue weighted by atomic mass is 35.5. The van der Waals surface area contributed by atoms with Crippen LogP contribution in [-0.2, 0) is 5.41 Å². The standard InChI is InChI=1S/C14H22ClN/c1-11-5-6-13(9-12(11)2)14(3,4)10-16-8-7-15/h5-6,9,16H,7-8,10H2,1-4H3. The molecule has 0 aliphatic rings. The summed E-state index contributed by atoms with van der Waals surface area (Å²) in [6, 6.07) is 6.72. The minimum absolute atomic E-state index is 0.157. The average Bonchev–Trinajstić information content (AvgIpc) is 2.22. The quantitative estimate of drug-likeness (QED) is 0.614. The zero-order valence-corrected chi connectivity index (χ0v) is 11.5. The average molecular weight is 240 g/mol. The third kappa shape index (κ3) is 3.50. The van der Waals surface area contributed by atoms with Gasteiger partial charge in [0.25, 0.3) is 0 Å². The molecule has 0 aliphatic carbocycles. The summed E-state index contributed by atoms with van der Waals surface area (Å²) in [5, 5.41) is 3.38. The molecule has 0 bridgehead atoms. The number of hydrogen-bond acceptors (Lipinski definition) is 1. The lowest BCUT2D eigenvalue weighted by Crippen LogP contribution is -2.34. The van der Waals surface area contributed by atoms with Crippen LogP contribution in [0.15, 0.2) is 18.2 Å². The molecule has 1 rings (SSSR count). The van der Waals surface area contributed by atoms with E-state index in [0.29, 0.717) is 5.88 Å². The summed E-state index contributed by atoms with van der Waals surface area (Å²) in [5.74, 6) is 0.670. The van der Waals surface area contributed by atoms with Gasteiger partial charge in [0.2, 0.25) is 0 Å². The maximum absolute atomic E-state index is 5.66. The molecule has 0 fully saturated rings. The minimum atomic E-state index is 0.157. The van der Waals surface area contributed by atoms with Crippen LogP contribution in [-0.4, -0.2) is 19.0 Å². The summed E-state index contributed by atoms with van der Waals surface area (Å²) in [7, 11) is 0. The molecule has 0 amide bonds. The third-order valence-electron chi connectivity index (χ3n) is 3.13. The first-order chi connectivity index (χ1) is 7.47. The first-order valence-corrected chi connectivity index (χ1v) is 6.35. The Labute approximate surface area is 104 Å². The summed E-state index contributed by atoms with van der Waals surface area (Å²) in [4.78, 5) is 0. The molecular weight excluding hydrogens is 218 g/mol. The van der Waals surface area contributed by atoms with Crippen molar-refractivity contribution in [1.82, 2.24) is 5.32 Å². The largest absolute Gasteiger partial charge is 0.315 e. The Morgan fingerprint density at radius 1 is 1.19 bits per heavy atom. The van der Waals surface area contributed by atoms with E-state index in [0.717, 1.165) is 13.1 Å². The molecular formula is C14H22ClN. The van der Waals surface area contributed by atoms with E-state index in [4.69, 9.17) is 11.6 Å². The Hall–Kier alpha value is -0.530. The van der Waals surface area contributed by atoms with E-state index in [2.05, 4.69) is 51.2 Å². The molecule has 1 N–H and O–H groups in total. The Kier molecular flexibility index (Phi) is 4.82. The topological polar surface area (TPSA) is 12.0 Å². The fourth-order valence-corrected chi connectivity index (χ4v) is 1.87. The van der Waals surface area contributed by atoms with Gasteiger partial charge in [-0.2, -0.15) is 0 Å². The van der Waals surface area contributed by atoms with Crippen LogP contribution in [0.4, 0.5) is 0 Å². The molecule has 90 valence electrons. The van der Waals surface area contributed by atoms with Crippen LogP contribution in [0, 0.1) is 13.8 Å². The maximum atomic E-state index is 5.66. The van der Waals surface area contributed by atoms with Gasteiger partial charge in [0.1, 0.15) is 0 Å². The minimum Gasteiger partial charge on any atom is -0.315 e. The highest BCUT2D eigenvalue weighted by Gasteiger charge is 2.20. The summed E-state index contributed by atoms with van der Waals surface area (Å²) < 4.78 is 0. The van der Waals surface area contributed by atoms with Crippen molar-refractivity contribution in [3.8, 4) is 0 Å². The number of hydrogen-bond donors (Lipinski definition) is 1. The van der Waals surface area contributed by atoms with Crippen LogP contribution >= 0.6 is 11.6 Å². The number of halogens is 1. The third-order valence-corrected chi connectivity index (χ3v) is 3.32. The molecule has 2 heteroatoms. The van der Waals surface area contributed by atoms with Gasteiger partial charge in [0.05, 0.1) is 0 Å². The van der Waals surface area contributed by atoms with E-state index in [-0.39, 0.29) is 5.41 Å². The van der Waals surface area contributed by atoms with E-state index in [1.54, 1.807) is 0 Å². The van der Waals surface area contributed by atoms with Crippen LogP contribution in [0.1, 0.15) is 30.5 Å². The van der Waals surface area contributed by atoms with Gasteiger partial charge in [-0.1, -0.05) is 32.0 Å². The molecule has 0 saturated carbocycles. The van der Waals surface area contributed by atoms with E-state index < -0.39 is 0 Å². The molecule has 0 heterocycles. The second kappa shape index (κ2) is 5.70. The van der Waals surface area contributed by atoms with Crippen LogP contribution in [0.5, 0.6) is 0 Å². The van der Waals surface area contributed by atoms with Gasteiger partial charge in [-0.05, 0) is 30.5 Å². The van der Waals surface area contributed by atoms with Gasteiger partial charge in [0.15, 0.2) is 0 Å². The SMILES string of the molecule is Cc1ccc(C(C)(C)CNCCCl)cc1C. The van der Waals surface area contributed by atoms with E-state index in [9.17, 15) is 0 Å². The number of nitrogens with one attached hydrogen (secondary N) is 1. The molecule has 1 aromatic rings. The van der Waals surface area contributed by atoms with Crippen LogP contribution in [0.25, 0.3) is 0 Å². The van der Waals surface area contributed by atoms with E-state index in [1.807, 2.05) is 0 Å². The van der Waals surface area contributed by atoms with Crippen molar-refractivity contribution in [3.05, 3.63) is 34.9 Å². The predicted molar refractivity (Wildman–Crippen MR) is 72.5 cm³/mol. The summed E-state index contributed by atoms with van der Waals surface area (Å²) >= 11 is 5.66. The number of alkyl halides is 1. The zero-order valence-electron chi connectivity index (χ0n) is 10.7. The van der Waals surface area contributed by atoms with Crippen molar-refractivity contribution < 1.29 is 0 Å². The smallest absolute Gasteiger partial charge is 0.0348 e. The van der Waals surface area contributed by atoms with Gasteiger partial charge in [-0.3, -0.25) is 0 Å². The lowest BCUT2D eigenvalue weighted by Gasteiger charge is -2.26. The van der Waals surface area contributed by atoms with Gasteiger partial charge < -0.3 is 5.32 Å². The Bertz CT molecular complexity index is 345. The highest BCUT2D eigenvalue weighted by Crippen LogP contribution is 2.24. The summed E-state index contributed by atoms with van der Waals surface area (Å²) in [6.45, 7) is 10.7. The molecule has 0 aromatic heterocycles. The second-order valence-electron chi connectivity index (χ2n) is 5.05. The Morgan fingerprint density at radius 2 is 1.88 bits per heavy atom. The normalized spacial score (nSPS) is 11.8. The van der Waals surface area contributed by atoms with Crippen LogP contribution in [0.3, 0.4) is 0 Å². The lowest BCUT2D eigenvalue weighted by atomic mass is 9.83. The van der Waals surface area contributed by atoms with Crippen molar-refractivity contribution in [2.45, 2.75) is 33.1 Å². The molecule has 0 radical (unpaired) electrons. The second-order valence-corrected chi connectivity index (χ2v) is 5.43. The molecule has 0 spiro atoms. The zero-order chi connectivity index (χ0) is 12.2. The lowest BCUT2D eigenvalue weighted by molar-refractivity contribution is 0.478. The molecule has 1 nitrogen and oxygen atoms in total. The van der Waals surface area contributed by atoms with Gasteiger partial charge in [-0.15, -0.1) is 11.6 Å². The van der Waals surface area contributed by atoms with Crippen LogP contribution in [0.2, 0.25) is 0 Å². The predicted octanol–water partition coefficient (Wildman–Crippen LogP) is 3.41. The first kappa shape index (κ1) is 13.5. The van der Waals surface area contributed by atoms with Crippen molar-refractivity contribution in [3.63, 3.8) is 0 Å². The van der Waals surface area contributed by atoms with E-state index >= 15 is 0 Å². The number of aryl methyl sites for hydroxylation is 2. The maximum Gasteiger partial charge on any atom is 0.0348 e. The number of rotatable bonds is 5. The molecule has 0 aliphatic heterocycles. The fourth-order valence-electron chi connectivity index (χ4n) is 1.73. The van der Waals surface area contributed by atoms with Crippen molar-refractivity contribution >= 4 is 11.6 Å². The molecule has 0 saturated heterocycles.